The first kappa shape index (κ1) is 15.7. The van der Waals surface area contributed by atoms with Crippen LogP contribution in [0.1, 0.15) is 46.4 Å². The van der Waals surface area contributed by atoms with Crippen LogP contribution in [-0.4, -0.2) is 34.2 Å². The smallest absolute Gasteiger partial charge is 0.324 e. The maximum Gasteiger partial charge on any atom is 0.324 e. The molecular weight excluding hydrogens is 242 g/mol. The van der Waals surface area contributed by atoms with Gasteiger partial charge in [-0.15, -0.1) is 0 Å². The molecule has 0 bridgehead atoms. The molecular formula is C14H25N3O2. The summed E-state index contributed by atoms with van der Waals surface area (Å²) < 4.78 is 7.13. The Hall–Kier alpha value is -1.36. The van der Waals surface area contributed by atoms with Crippen molar-refractivity contribution in [3.05, 3.63) is 18.2 Å². The number of nitrogens with zero attached hydrogens (tertiary/aromatic N) is 2. The van der Waals surface area contributed by atoms with E-state index in [9.17, 15) is 4.79 Å². The number of hydrogen-bond acceptors (Lipinski definition) is 4. The molecule has 1 N–H and O–H groups in total. The molecule has 0 saturated heterocycles. The summed E-state index contributed by atoms with van der Waals surface area (Å²) in [5.74, 6) is 1.11. The molecule has 0 aromatic carbocycles. The van der Waals surface area contributed by atoms with Crippen LogP contribution in [0.25, 0.3) is 0 Å². The minimum absolute atomic E-state index is 0.209. The third-order valence-corrected chi connectivity index (χ3v) is 2.75. The summed E-state index contributed by atoms with van der Waals surface area (Å²) in [6.45, 7) is 11.0. The Bertz CT molecular complexity index is 399. The molecule has 108 valence electrons. The SMILES string of the molecule is CCOC(=O)C(Cn1ccnc1C(C)C)NC(C)C. The summed E-state index contributed by atoms with van der Waals surface area (Å²) in [5, 5.41) is 3.25. The minimum Gasteiger partial charge on any atom is -0.465 e. The van der Waals surface area contributed by atoms with Gasteiger partial charge in [0.2, 0.25) is 0 Å². The summed E-state index contributed by atoms with van der Waals surface area (Å²) in [5.41, 5.74) is 0. The lowest BCUT2D eigenvalue weighted by atomic mass is 10.2. The van der Waals surface area contributed by atoms with Gasteiger partial charge in [-0.2, -0.15) is 0 Å². The third kappa shape index (κ3) is 4.67. The number of nitrogens with one attached hydrogen (secondary N) is 1. The van der Waals surface area contributed by atoms with Crippen LogP contribution in [0.15, 0.2) is 12.4 Å². The average Bonchev–Trinajstić information content (AvgIpc) is 2.76. The van der Waals surface area contributed by atoms with Gasteiger partial charge in [0.1, 0.15) is 11.9 Å². The molecule has 5 nitrogen and oxygen atoms in total. The quantitative estimate of drug-likeness (QED) is 0.767. The lowest BCUT2D eigenvalue weighted by molar-refractivity contribution is -0.146. The van der Waals surface area contributed by atoms with Crippen LogP contribution in [0.2, 0.25) is 0 Å². The molecule has 1 rings (SSSR count). The van der Waals surface area contributed by atoms with Crippen LogP contribution in [0.5, 0.6) is 0 Å². The molecule has 1 heterocycles. The second-order valence-electron chi connectivity index (χ2n) is 5.22. The molecule has 0 spiro atoms. The molecule has 5 heteroatoms. The van der Waals surface area contributed by atoms with Crippen molar-refractivity contribution in [3.63, 3.8) is 0 Å². The Morgan fingerprint density at radius 2 is 2.11 bits per heavy atom. The Kier molecular flexibility index (Phi) is 6.02. The van der Waals surface area contributed by atoms with Gasteiger partial charge in [0.15, 0.2) is 0 Å². The standard InChI is InChI=1S/C14H25N3O2/c1-6-19-14(18)12(16-11(4)5)9-17-8-7-15-13(17)10(2)3/h7-8,10-12,16H,6,9H2,1-5H3. The van der Waals surface area contributed by atoms with E-state index in [4.69, 9.17) is 4.74 Å². The van der Waals surface area contributed by atoms with E-state index < -0.39 is 0 Å². The maximum atomic E-state index is 12.0. The molecule has 0 aliphatic heterocycles. The van der Waals surface area contributed by atoms with Gasteiger partial charge in [0.25, 0.3) is 0 Å². The zero-order valence-corrected chi connectivity index (χ0v) is 12.5. The van der Waals surface area contributed by atoms with Gasteiger partial charge in [-0.3, -0.25) is 4.79 Å². The van der Waals surface area contributed by atoms with E-state index >= 15 is 0 Å². The van der Waals surface area contributed by atoms with E-state index in [0.717, 1.165) is 5.82 Å². The first-order valence-electron chi connectivity index (χ1n) is 6.89. The van der Waals surface area contributed by atoms with Gasteiger partial charge >= 0.3 is 5.97 Å². The fourth-order valence-electron chi connectivity index (χ4n) is 2.01. The number of ether oxygens (including phenoxy) is 1. The highest BCUT2D eigenvalue weighted by Crippen LogP contribution is 2.12. The number of esters is 1. The van der Waals surface area contributed by atoms with Gasteiger partial charge < -0.3 is 14.6 Å². The molecule has 1 aromatic rings. The third-order valence-electron chi connectivity index (χ3n) is 2.75. The lowest BCUT2D eigenvalue weighted by Gasteiger charge is -2.21. The van der Waals surface area contributed by atoms with Crippen molar-refractivity contribution in [2.24, 2.45) is 0 Å². The summed E-state index contributed by atoms with van der Waals surface area (Å²) in [4.78, 5) is 16.3. The van der Waals surface area contributed by atoms with Crippen molar-refractivity contribution in [1.82, 2.24) is 14.9 Å². The molecule has 0 aliphatic carbocycles. The maximum absolute atomic E-state index is 12.0. The summed E-state index contributed by atoms with van der Waals surface area (Å²) in [7, 11) is 0. The van der Waals surface area contributed by atoms with E-state index in [-0.39, 0.29) is 18.1 Å². The summed E-state index contributed by atoms with van der Waals surface area (Å²) in [6.07, 6.45) is 3.68. The molecule has 0 aliphatic rings. The molecule has 0 saturated carbocycles. The van der Waals surface area contributed by atoms with Crippen LogP contribution in [-0.2, 0) is 16.1 Å². The molecule has 1 aromatic heterocycles. The first-order chi connectivity index (χ1) is 8.95. The second kappa shape index (κ2) is 7.28. The first-order valence-corrected chi connectivity index (χ1v) is 6.89. The van der Waals surface area contributed by atoms with E-state index in [1.807, 2.05) is 31.5 Å². The van der Waals surface area contributed by atoms with Gasteiger partial charge in [-0.1, -0.05) is 27.7 Å². The fraction of sp³-hybridized carbons (Fsp3) is 0.714. The number of carbonyl (C=O) groups excluding carboxylic acids is 1. The lowest BCUT2D eigenvalue weighted by Crippen LogP contribution is -2.45. The molecule has 0 amide bonds. The molecule has 1 atom stereocenters. The number of rotatable bonds is 7. The second-order valence-corrected chi connectivity index (χ2v) is 5.22. The van der Waals surface area contributed by atoms with Crippen molar-refractivity contribution in [1.29, 1.82) is 0 Å². The molecule has 19 heavy (non-hydrogen) atoms. The highest BCUT2D eigenvalue weighted by atomic mass is 16.5. The topological polar surface area (TPSA) is 56.2 Å². The normalized spacial score (nSPS) is 13.0. The average molecular weight is 267 g/mol. The molecule has 0 radical (unpaired) electrons. The number of aromatic nitrogens is 2. The monoisotopic (exact) mass is 267 g/mol. The highest BCUT2D eigenvalue weighted by Gasteiger charge is 2.22. The number of imidazole rings is 1. The van der Waals surface area contributed by atoms with Crippen molar-refractivity contribution in [2.75, 3.05) is 6.61 Å². The van der Waals surface area contributed by atoms with E-state index in [1.165, 1.54) is 0 Å². The van der Waals surface area contributed by atoms with Crippen LogP contribution in [0.4, 0.5) is 0 Å². The van der Waals surface area contributed by atoms with Crippen LogP contribution in [0.3, 0.4) is 0 Å². The van der Waals surface area contributed by atoms with Crippen LogP contribution < -0.4 is 5.32 Å². The zero-order valence-electron chi connectivity index (χ0n) is 12.5. The largest absolute Gasteiger partial charge is 0.465 e. The van der Waals surface area contributed by atoms with Crippen molar-refractivity contribution in [3.8, 4) is 0 Å². The van der Waals surface area contributed by atoms with Gasteiger partial charge in [-0.25, -0.2) is 4.98 Å². The van der Waals surface area contributed by atoms with Crippen molar-refractivity contribution in [2.45, 2.75) is 59.2 Å². The Labute approximate surface area is 115 Å². The predicted octanol–water partition coefficient (Wildman–Crippen LogP) is 1.94. The van der Waals surface area contributed by atoms with E-state index in [1.54, 1.807) is 6.20 Å². The van der Waals surface area contributed by atoms with Gasteiger partial charge in [0.05, 0.1) is 6.61 Å². The summed E-state index contributed by atoms with van der Waals surface area (Å²) in [6, 6.07) is -0.118. The van der Waals surface area contributed by atoms with Crippen LogP contribution in [0, 0.1) is 0 Å². The van der Waals surface area contributed by atoms with Crippen molar-refractivity contribution < 1.29 is 9.53 Å². The molecule has 0 fully saturated rings. The Balaban J connectivity index is 2.81. The fourth-order valence-corrected chi connectivity index (χ4v) is 2.01. The minimum atomic E-state index is -0.341. The van der Waals surface area contributed by atoms with E-state index in [2.05, 4.69) is 24.1 Å². The number of hydrogen-bond donors (Lipinski definition) is 1. The number of carbonyl (C=O) groups is 1. The van der Waals surface area contributed by atoms with Gasteiger partial charge in [-0.05, 0) is 6.92 Å². The van der Waals surface area contributed by atoms with Crippen molar-refractivity contribution >= 4 is 5.97 Å². The highest BCUT2D eigenvalue weighted by molar-refractivity contribution is 5.75. The Morgan fingerprint density at radius 3 is 2.63 bits per heavy atom. The van der Waals surface area contributed by atoms with Crippen LogP contribution >= 0.6 is 0 Å². The molecule has 1 unspecified atom stereocenters. The summed E-state index contributed by atoms with van der Waals surface area (Å²) >= 11 is 0. The van der Waals surface area contributed by atoms with Gasteiger partial charge in [0, 0.05) is 30.9 Å². The zero-order chi connectivity index (χ0) is 14.4. The predicted molar refractivity (Wildman–Crippen MR) is 75.0 cm³/mol. The van der Waals surface area contributed by atoms with E-state index in [0.29, 0.717) is 19.1 Å². The Morgan fingerprint density at radius 1 is 1.42 bits per heavy atom.